The molecule has 100 valence electrons. The number of carbonyl (C=O) groups is 1. The number of halogens is 1. The molecule has 0 saturated carbocycles. The van der Waals surface area contributed by atoms with E-state index in [0.717, 1.165) is 36.6 Å². The minimum atomic E-state index is 0.212. The monoisotopic (exact) mass is 286 g/mol. The number of nitrogens with zero attached hydrogens (tertiary/aromatic N) is 2. The zero-order valence-electron chi connectivity index (χ0n) is 10.7. The summed E-state index contributed by atoms with van der Waals surface area (Å²) in [5.74, 6) is 1.31. The normalized spacial score (nSPS) is 20.1. The van der Waals surface area contributed by atoms with Crippen LogP contribution in [0.1, 0.15) is 36.9 Å². The zero-order chi connectivity index (χ0) is 13.0. The summed E-state index contributed by atoms with van der Waals surface area (Å²) >= 11 is 7.24. The number of hydrogen-bond donors (Lipinski definition) is 0. The molecular formula is C13H19ClN2OS. The Labute approximate surface area is 117 Å². The third-order valence-corrected chi connectivity index (χ3v) is 4.66. The van der Waals surface area contributed by atoms with Crippen LogP contribution in [0.4, 0.5) is 0 Å². The fourth-order valence-electron chi connectivity index (χ4n) is 2.36. The summed E-state index contributed by atoms with van der Waals surface area (Å²) in [5, 5.41) is 2.81. The van der Waals surface area contributed by atoms with Crippen molar-refractivity contribution in [2.75, 3.05) is 13.1 Å². The van der Waals surface area contributed by atoms with E-state index < -0.39 is 0 Å². The van der Waals surface area contributed by atoms with Crippen molar-refractivity contribution in [1.29, 1.82) is 0 Å². The summed E-state index contributed by atoms with van der Waals surface area (Å²) in [4.78, 5) is 18.5. The summed E-state index contributed by atoms with van der Waals surface area (Å²) in [5.41, 5.74) is 0.870. The van der Waals surface area contributed by atoms with Crippen molar-refractivity contribution in [3.8, 4) is 0 Å². The van der Waals surface area contributed by atoms with E-state index in [4.69, 9.17) is 11.6 Å². The molecule has 1 aromatic rings. The zero-order valence-corrected chi connectivity index (χ0v) is 12.3. The third kappa shape index (κ3) is 3.45. The molecule has 3 nitrogen and oxygen atoms in total. The molecule has 1 aliphatic rings. The maximum atomic E-state index is 12.2. The van der Waals surface area contributed by atoms with Crippen molar-refractivity contribution in [3.63, 3.8) is 0 Å². The molecule has 5 heteroatoms. The van der Waals surface area contributed by atoms with Gasteiger partial charge in [-0.05, 0) is 18.8 Å². The fourth-order valence-corrected chi connectivity index (χ4v) is 3.37. The SMILES string of the molecule is CCC1CCCN(C(=O)Cc2nc(CCl)cs2)C1. The van der Waals surface area contributed by atoms with Crippen molar-refractivity contribution in [3.05, 3.63) is 16.1 Å². The molecule has 0 radical (unpaired) electrons. The summed E-state index contributed by atoms with van der Waals surface area (Å²) in [6, 6.07) is 0. The lowest BCUT2D eigenvalue weighted by molar-refractivity contribution is -0.132. The maximum absolute atomic E-state index is 12.2. The molecular weight excluding hydrogens is 268 g/mol. The highest BCUT2D eigenvalue weighted by atomic mass is 35.5. The first-order chi connectivity index (χ1) is 8.72. The summed E-state index contributed by atoms with van der Waals surface area (Å²) in [6.07, 6.45) is 3.98. The second kappa shape index (κ2) is 6.53. The lowest BCUT2D eigenvalue weighted by Gasteiger charge is -2.32. The van der Waals surface area contributed by atoms with Gasteiger partial charge in [-0.1, -0.05) is 13.3 Å². The fraction of sp³-hybridized carbons (Fsp3) is 0.692. The van der Waals surface area contributed by atoms with E-state index in [9.17, 15) is 4.79 Å². The number of thiazole rings is 1. The van der Waals surface area contributed by atoms with Crippen LogP contribution in [0.3, 0.4) is 0 Å². The van der Waals surface area contributed by atoms with E-state index in [1.54, 1.807) is 0 Å². The molecule has 1 unspecified atom stereocenters. The Morgan fingerprint density at radius 2 is 2.50 bits per heavy atom. The molecule has 0 N–H and O–H groups in total. The smallest absolute Gasteiger partial charge is 0.229 e. The third-order valence-electron chi connectivity index (χ3n) is 3.49. The number of hydrogen-bond acceptors (Lipinski definition) is 3. The van der Waals surface area contributed by atoms with Gasteiger partial charge < -0.3 is 4.90 Å². The van der Waals surface area contributed by atoms with E-state index in [1.807, 2.05) is 10.3 Å². The second-order valence-corrected chi connectivity index (χ2v) is 6.01. The van der Waals surface area contributed by atoms with E-state index in [-0.39, 0.29) is 5.91 Å². The van der Waals surface area contributed by atoms with Crippen molar-refractivity contribution >= 4 is 28.8 Å². The molecule has 0 bridgehead atoms. The summed E-state index contributed by atoms with van der Waals surface area (Å²) < 4.78 is 0. The first-order valence-corrected chi connectivity index (χ1v) is 7.91. The molecule has 0 aliphatic carbocycles. The van der Waals surface area contributed by atoms with Gasteiger partial charge in [0.2, 0.25) is 5.91 Å². The highest BCUT2D eigenvalue weighted by molar-refractivity contribution is 7.09. The van der Waals surface area contributed by atoms with Gasteiger partial charge in [0, 0.05) is 18.5 Å². The van der Waals surface area contributed by atoms with E-state index in [0.29, 0.717) is 18.2 Å². The Morgan fingerprint density at radius 3 is 3.17 bits per heavy atom. The van der Waals surface area contributed by atoms with Crippen LogP contribution < -0.4 is 0 Å². The molecule has 1 amide bonds. The lowest BCUT2D eigenvalue weighted by atomic mass is 9.95. The summed E-state index contributed by atoms with van der Waals surface area (Å²) in [7, 11) is 0. The minimum Gasteiger partial charge on any atom is -0.342 e. The van der Waals surface area contributed by atoms with Gasteiger partial charge in [0.1, 0.15) is 5.01 Å². The van der Waals surface area contributed by atoms with Crippen LogP contribution in [0.25, 0.3) is 0 Å². The van der Waals surface area contributed by atoms with Crippen LogP contribution >= 0.6 is 22.9 Å². The predicted octanol–water partition coefficient (Wildman–Crippen LogP) is 3.07. The Bertz CT molecular complexity index is 407. The van der Waals surface area contributed by atoms with E-state index in [2.05, 4.69) is 11.9 Å². The van der Waals surface area contributed by atoms with Gasteiger partial charge in [0.25, 0.3) is 0 Å². The average Bonchev–Trinajstić information content (AvgIpc) is 2.86. The molecule has 1 saturated heterocycles. The molecule has 1 aliphatic heterocycles. The van der Waals surface area contributed by atoms with Crippen molar-refractivity contribution < 1.29 is 4.79 Å². The molecule has 2 heterocycles. The highest BCUT2D eigenvalue weighted by Gasteiger charge is 2.23. The first-order valence-electron chi connectivity index (χ1n) is 6.50. The number of amides is 1. The van der Waals surface area contributed by atoms with Crippen LogP contribution in [0.2, 0.25) is 0 Å². The number of rotatable bonds is 4. The number of alkyl halides is 1. The quantitative estimate of drug-likeness (QED) is 0.797. The molecule has 2 rings (SSSR count). The van der Waals surface area contributed by atoms with Crippen molar-refractivity contribution in [2.24, 2.45) is 5.92 Å². The predicted molar refractivity (Wildman–Crippen MR) is 75.0 cm³/mol. The molecule has 1 aromatic heterocycles. The highest BCUT2D eigenvalue weighted by Crippen LogP contribution is 2.20. The molecule has 0 spiro atoms. The first kappa shape index (κ1) is 13.8. The topological polar surface area (TPSA) is 33.2 Å². The van der Waals surface area contributed by atoms with Gasteiger partial charge in [-0.2, -0.15) is 0 Å². The average molecular weight is 287 g/mol. The Hall–Kier alpha value is -0.610. The van der Waals surface area contributed by atoms with E-state index in [1.165, 1.54) is 17.8 Å². The van der Waals surface area contributed by atoms with Gasteiger partial charge in [-0.3, -0.25) is 4.79 Å². The Balaban J connectivity index is 1.90. The van der Waals surface area contributed by atoms with Crippen molar-refractivity contribution in [2.45, 2.75) is 38.5 Å². The summed E-state index contributed by atoms with van der Waals surface area (Å²) in [6.45, 7) is 4.03. The Kier molecular flexibility index (Phi) is 5.01. The molecule has 0 aromatic carbocycles. The lowest BCUT2D eigenvalue weighted by Crippen LogP contribution is -2.40. The van der Waals surface area contributed by atoms with E-state index >= 15 is 0 Å². The van der Waals surface area contributed by atoms with Gasteiger partial charge in [0.15, 0.2) is 0 Å². The standard InChI is InChI=1S/C13H19ClN2OS/c1-2-10-4-3-5-16(8-10)13(17)6-12-15-11(7-14)9-18-12/h9-10H,2-8H2,1H3. The van der Waals surface area contributed by atoms with Gasteiger partial charge >= 0.3 is 0 Å². The van der Waals surface area contributed by atoms with Gasteiger partial charge in [-0.15, -0.1) is 22.9 Å². The Morgan fingerprint density at radius 1 is 1.67 bits per heavy atom. The number of likely N-dealkylation sites (tertiary alicyclic amines) is 1. The number of carbonyl (C=O) groups excluding carboxylic acids is 1. The van der Waals surface area contributed by atoms with Crippen LogP contribution in [0.15, 0.2) is 5.38 Å². The molecule has 1 fully saturated rings. The van der Waals surface area contributed by atoms with Crippen LogP contribution in [0, 0.1) is 5.92 Å². The molecule has 1 atom stereocenters. The second-order valence-electron chi connectivity index (χ2n) is 4.80. The van der Waals surface area contributed by atoms with Crippen molar-refractivity contribution in [1.82, 2.24) is 9.88 Å². The van der Waals surface area contributed by atoms with Crippen LogP contribution in [-0.4, -0.2) is 28.9 Å². The largest absolute Gasteiger partial charge is 0.342 e. The number of piperidine rings is 1. The maximum Gasteiger partial charge on any atom is 0.229 e. The van der Waals surface area contributed by atoms with Crippen LogP contribution in [-0.2, 0) is 17.1 Å². The van der Waals surface area contributed by atoms with Gasteiger partial charge in [0.05, 0.1) is 18.0 Å². The number of aromatic nitrogens is 1. The van der Waals surface area contributed by atoms with Gasteiger partial charge in [-0.25, -0.2) is 4.98 Å². The van der Waals surface area contributed by atoms with Crippen LogP contribution in [0.5, 0.6) is 0 Å². The minimum absolute atomic E-state index is 0.212. The molecule has 18 heavy (non-hydrogen) atoms.